The molecule has 0 radical (unpaired) electrons. The molecule has 152 valence electrons. The Bertz CT molecular complexity index is 930. The van der Waals surface area contributed by atoms with Crippen LogP contribution in [0.3, 0.4) is 0 Å². The highest BCUT2D eigenvalue weighted by Gasteiger charge is 2.33. The number of H-pyrrole nitrogens is 1. The standard InChI is InChI=1S/C22H30N2O3S/c1-22(2,3)14-10-8-13(9-11-14)21(26)27-12-17-23-19(25)18-15-6-4-5-7-16(15)28-20(18)24-17/h13-14H,4-12H2,1-3H3,(H,23,24,25). The molecule has 4 rings (SSSR count). The van der Waals surface area contributed by atoms with Crippen LogP contribution in [-0.4, -0.2) is 15.9 Å². The fourth-order valence-electron chi connectivity index (χ4n) is 4.73. The Morgan fingerprint density at radius 3 is 2.61 bits per heavy atom. The number of carbonyl (C=O) groups is 1. The van der Waals surface area contributed by atoms with Crippen molar-refractivity contribution in [3.63, 3.8) is 0 Å². The predicted molar refractivity (Wildman–Crippen MR) is 112 cm³/mol. The van der Waals surface area contributed by atoms with Crippen molar-refractivity contribution < 1.29 is 9.53 Å². The van der Waals surface area contributed by atoms with Crippen molar-refractivity contribution in [2.75, 3.05) is 0 Å². The van der Waals surface area contributed by atoms with E-state index in [1.54, 1.807) is 11.3 Å². The number of thiophene rings is 1. The Kier molecular flexibility index (Phi) is 5.34. The van der Waals surface area contributed by atoms with Crippen LogP contribution in [0.2, 0.25) is 0 Å². The number of hydrogen-bond donors (Lipinski definition) is 1. The van der Waals surface area contributed by atoms with Crippen molar-refractivity contribution in [1.29, 1.82) is 0 Å². The van der Waals surface area contributed by atoms with Crippen LogP contribution in [-0.2, 0) is 29.0 Å². The van der Waals surface area contributed by atoms with Crippen molar-refractivity contribution >= 4 is 27.5 Å². The fraction of sp³-hybridized carbons (Fsp3) is 0.682. The molecule has 28 heavy (non-hydrogen) atoms. The van der Waals surface area contributed by atoms with E-state index in [0.29, 0.717) is 17.2 Å². The van der Waals surface area contributed by atoms with E-state index in [4.69, 9.17) is 4.74 Å². The quantitative estimate of drug-likeness (QED) is 0.752. The molecule has 0 amide bonds. The van der Waals surface area contributed by atoms with Gasteiger partial charge in [-0.15, -0.1) is 11.3 Å². The number of aromatic nitrogens is 2. The SMILES string of the molecule is CC(C)(C)C1CCC(C(=O)OCc2nc3sc4c(c3c(=O)[nH]2)CCCC4)CC1. The first-order valence-electron chi connectivity index (χ1n) is 10.5. The smallest absolute Gasteiger partial charge is 0.309 e. The fourth-order valence-corrected chi connectivity index (χ4v) is 6.01. The zero-order valence-corrected chi connectivity index (χ0v) is 17.9. The van der Waals surface area contributed by atoms with E-state index in [-0.39, 0.29) is 24.1 Å². The molecule has 0 unspecified atom stereocenters. The summed E-state index contributed by atoms with van der Waals surface area (Å²) >= 11 is 1.62. The van der Waals surface area contributed by atoms with Crippen LogP contribution in [0.25, 0.3) is 10.2 Å². The molecule has 0 saturated heterocycles. The van der Waals surface area contributed by atoms with E-state index in [1.165, 1.54) is 16.9 Å². The van der Waals surface area contributed by atoms with Gasteiger partial charge >= 0.3 is 5.97 Å². The third-order valence-electron chi connectivity index (χ3n) is 6.51. The molecule has 2 aliphatic rings. The van der Waals surface area contributed by atoms with Crippen LogP contribution in [0.5, 0.6) is 0 Å². The summed E-state index contributed by atoms with van der Waals surface area (Å²) in [4.78, 5) is 34.6. The van der Waals surface area contributed by atoms with Gasteiger partial charge in [-0.25, -0.2) is 4.98 Å². The Balaban J connectivity index is 1.40. The minimum atomic E-state index is -0.152. The maximum absolute atomic E-state index is 12.6. The van der Waals surface area contributed by atoms with Crippen molar-refractivity contribution in [3.05, 3.63) is 26.6 Å². The van der Waals surface area contributed by atoms with Crippen LogP contribution < -0.4 is 5.56 Å². The molecule has 2 heterocycles. The van der Waals surface area contributed by atoms with E-state index in [9.17, 15) is 9.59 Å². The number of fused-ring (bicyclic) bond motifs is 3. The van der Waals surface area contributed by atoms with Gasteiger partial charge < -0.3 is 9.72 Å². The molecule has 6 heteroatoms. The topological polar surface area (TPSA) is 72.0 Å². The summed E-state index contributed by atoms with van der Waals surface area (Å²) in [6.07, 6.45) is 8.25. The summed E-state index contributed by atoms with van der Waals surface area (Å²) in [7, 11) is 0. The second kappa shape index (κ2) is 7.62. The third kappa shape index (κ3) is 3.88. The second-order valence-corrected chi connectivity index (χ2v) is 10.5. The summed E-state index contributed by atoms with van der Waals surface area (Å²) < 4.78 is 5.53. The minimum Gasteiger partial charge on any atom is -0.457 e. The van der Waals surface area contributed by atoms with Crippen LogP contribution in [0, 0.1) is 17.3 Å². The molecular weight excluding hydrogens is 372 g/mol. The van der Waals surface area contributed by atoms with Gasteiger partial charge in [0.25, 0.3) is 5.56 Å². The lowest BCUT2D eigenvalue weighted by Gasteiger charge is -2.36. The maximum Gasteiger partial charge on any atom is 0.309 e. The van der Waals surface area contributed by atoms with E-state index >= 15 is 0 Å². The average Bonchev–Trinajstić information content (AvgIpc) is 3.04. The Morgan fingerprint density at radius 2 is 1.89 bits per heavy atom. The molecule has 2 aromatic heterocycles. The van der Waals surface area contributed by atoms with Crippen molar-refractivity contribution in [3.8, 4) is 0 Å². The number of aromatic amines is 1. The average molecular weight is 403 g/mol. The van der Waals surface area contributed by atoms with Gasteiger partial charge in [0.2, 0.25) is 0 Å². The van der Waals surface area contributed by atoms with E-state index in [1.807, 2.05) is 0 Å². The number of aryl methyl sites for hydroxylation is 2. The third-order valence-corrected chi connectivity index (χ3v) is 7.70. The number of nitrogens with zero attached hydrogens (tertiary/aromatic N) is 1. The van der Waals surface area contributed by atoms with Gasteiger partial charge in [-0.3, -0.25) is 9.59 Å². The minimum absolute atomic E-state index is 0.0249. The first kappa shape index (κ1) is 19.6. The van der Waals surface area contributed by atoms with E-state index < -0.39 is 0 Å². The summed E-state index contributed by atoms with van der Waals surface area (Å²) in [6, 6.07) is 0. The highest BCUT2D eigenvalue weighted by molar-refractivity contribution is 7.18. The molecule has 0 spiro atoms. The van der Waals surface area contributed by atoms with Crippen LogP contribution in [0.1, 0.15) is 75.6 Å². The van der Waals surface area contributed by atoms with Gasteiger partial charge in [0, 0.05) is 4.88 Å². The molecule has 0 atom stereocenters. The van der Waals surface area contributed by atoms with Crippen LogP contribution in [0.4, 0.5) is 0 Å². The van der Waals surface area contributed by atoms with Gasteiger partial charge in [0.05, 0.1) is 11.3 Å². The number of rotatable bonds is 3. The second-order valence-electron chi connectivity index (χ2n) is 9.43. The molecular formula is C22H30N2O3S. The Hall–Kier alpha value is -1.69. The molecule has 2 aliphatic carbocycles. The summed E-state index contributed by atoms with van der Waals surface area (Å²) in [5, 5.41) is 0.746. The molecule has 5 nitrogen and oxygen atoms in total. The highest BCUT2D eigenvalue weighted by Crippen LogP contribution is 2.40. The lowest BCUT2D eigenvalue weighted by atomic mass is 9.70. The lowest BCUT2D eigenvalue weighted by Crippen LogP contribution is -2.29. The molecule has 1 N–H and O–H groups in total. The van der Waals surface area contributed by atoms with Crippen LogP contribution >= 0.6 is 11.3 Å². The first-order valence-corrected chi connectivity index (χ1v) is 11.3. The van der Waals surface area contributed by atoms with Crippen molar-refractivity contribution in [1.82, 2.24) is 9.97 Å². The van der Waals surface area contributed by atoms with E-state index in [2.05, 4.69) is 30.7 Å². The molecule has 1 fully saturated rings. The molecule has 0 aliphatic heterocycles. The lowest BCUT2D eigenvalue weighted by molar-refractivity contribution is -0.151. The van der Waals surface area contributed by atoms with Crippen molar-refractivity contribution in [2.45, 2.75) is 78.7 Å². The number of esters is 1. The summed E-state index contributed by atoms with van der Waals surface area (Å²) in [6.45, 7) is 6.87. The maximum atomic E-state index is 12.6. The van der Waals surface area contributed by atoms with Gasteiger partial charge in [-0.2, -0.15) is 0 Å². The summed E-state index contributed by atoms with van der Waals surface area (Å²) in [5.41, 5.74) is 1.38. The highest BCUT2D eigenvalue weighted by atomic mass is 32.1. The number of nitrogens with one attached hydrogen (secondary N) is 1. The molecule has 0 aromatic carbocycles. The van der Waals surface area contributed by atoms with E-state index in [0.717, 1.165) is 55.2 Å². The largest absolute Gasteiger partial charge is 0.457 e. The summed E-state index contributed by atoms with van der Waals surface area (Å²) in [5.74, 6) is 0.943. The normalized spacial score (nSPS) is 22.8. The Labute approximate surface area is 169 Å². The molecule has 1 saturated carbocycles. The van der Waals surface area contributed by atoms with Gasteiger partial charge in [0.1, 0.15) is 17.3 Å². The Morgan fingerprint density at radius 1 is 1.18 bits per heavy atom. The zero-order chi connectivity index (χ0) is 19.9. The molecule has 2 aromatic rings. The van der Waals surface area contributed by atoms with Crippen molar-refractivity contribution in [2.24, 2.45) is 17.3 Å². The number of hydrogen-bond acceptors (Lipinski definition) is 5. The number of ether oxygens (including phenoxy) is 1. The predicted octanol–water partition coefficient (Wildman–Crippen LogP) is 4.76. The monoisotopic (exact) mass is 402 g/mol. The van der Waals surface area contributed by atoms with Gasteiger partial charge in [0.15, 0.2) is 0 Å². The molecule has 0 bridgehead atoms. The van der Waals surface area contributed by atoms with Gasteiger partial charge in [-0.05, 0) is 68.3 Å². The number of carbonyl (C=O) groups excluding carboxylic acids is 1. The van der Waals surface area contributed by atoms with Crippen LogP contribution in [0.15, 0.2) is 4.79 Å². The first-order chi connectivity index (χ1) is 13.3. The zero-order valence-electron chi connectivity index (χ0n) is 17.1. The van der Waals surface area contributed by atoms with Gasteiger partial charge in [-0.1, -0.05) is 20.8 Å².